The predicted molar refractivity (Wildman–Crippen MR) is 134 cm³/mol. The molecule has 3 aliphatic rings. The number of fused-ring (bicyclic) bond motifs is 3. The van der Waals surface area contributed by atoms with E-state index in [4.69, 9.17) is 4.74 Å². The van der Waals surface area contributed by atoms with Crippen molar-refractivity contribution in [1.82, 2.24) is 9.88 Å². The van der Waals surface area contributed by atoms with Gasteiger partial charge < -0.3 is 9.64 Å². The predicted octanol–water partition coefficient (Wildman–Crippen LogP) is 4.43. The normalized spacial score (nSPS) is 19.2. The van der Waals surface area contributed by atoms with Gasteiger partial charge in [0.15, 0.2) is 0 Å². The van der Waals surface area contributed by atoms with E-state index in [-0.39, 0.29) is 5.91 Å². The summed E-state index contributed by atoms with van der Waals surface area (Å²) in [5.41, 5.74) is 5.99. The fourth-order valence-electron chi connectivity index (χ4n) is 5.73. The summed E-state index contributed by atoms with van der Waals surface area (Å²) in [6, 6.07) is 18.6. The zero-order valence-electron chi connectivity index (χ0n) is 19.8. The van der Waals surface area contributed by atoms with Gasteiger partial charge in [0.1, 0.15) is 12.4 Å². The topological polar surface area (TPSA) is 48.9 Å². The molecule has 3 aliphatic heterocycles. The Balaban J connectivity index is 1.30. The smallest absolute Gasteiger partial charge is 0.242 e. The molecule has 0 N–H and O–H groups in total. The van der Waals surface area contributed by atoms with E-state index in [9.17, 15) is 4.79 Å². The van der Waals surface area contributed by atoms with Crippen LogP contribution in [0, 0.1) is 6.92 Å². The minimum absolute atomic E-state index is 0.187. The molecule has 1 spiro atoms. The van der Waals surface area contributed by atoms with Crippen molar-refractivity contribution in [3.63, 3.8) is 0 Å². The third-order valence-corrected chi connectivity index (χ3v) is 7.77. The lowest BCUT2D eigenvalue weighted by molar-refractivity contribution is -0.124. The summed E-state index contributed by atoms with van der Waals surface area (Å²) < 4.78 is 5.94. The van der Waals surface area contributed by atoms with Crippen LogP contribution in [0.1, 0.15) is 29.7 Å². The maximum atomic E-state index is 14.1. The number of aryl methyl sites for hydroxylation is 1. The molecule has 6 heteroatoms. The molecule has 1 aromatic heterocycles. The monoisotopic (exact) mass is 454 g/mol. The molecule has 0 aliphatic carbocycles. The van der Waals surface area contributed by atoms with E-state index in [1.807, 2.05) is 29.3 Å². The number of ether oxygens (including phenoxy) is 1. The molecule has 4 heterocycles. The summed E-state index contributed by atoms with van der Waals surface area (Å²) in [6.07, 6.45) is 3.49. The van der Waals surface area contributed by atoms with Crippen LogP contribution in [0.2, 0.25) is 0 Å². The molecule has 6 nitrogen and oxygen atoms in total. The lowest BCUT2D eigenvalue weighted by atomic mass is 9.73. The van der Waals surface area contributed by atoms with Gasteiger partial charge in [0.25, 0.3) is 0 Å². The fraction of sp³-hybridized carbons (Fsp3) is 0.357. The highest BCUT2D eigenvalue weighted by Crippen LogP contribution is 2.51. The summed E-state index contributed by atoms with van der Waals surface area (Å²) >= 11 is 0. The number of likely N-dealkylation sites (N-methyl/N-ethyl adjacent to an activating group) is 1. The Morgan fingerprint density at radius 1 is 1.00 bits per heavy atom. The van der Waals surface area contributed by atoms with Crippen LogP contribution < -0.4 is 14.5 Å². The van der Waals surface area contributed by atoms with Crippen LogP contribution in [-0.2, 0) is 16.8 Å². The number of amides is 1. The van der Waals surface area contributed by atoms with E-state index in [0.29, 0.717) is 6.61 Å². The number of rotatable bonds is 3. The van der Waals surface area contributed by atoms with Crippen LogP contribution in [0.3, 0.4) is 0 Å². The van der Waals surface area contributed by atoms with E-state index in [1.165, 1.54) is 5.56 Å². The van der Waals surface area contributed by atoms with Gasteiger partial charge in [-0.2, -0.15) is 0 Å². The fourth-order valence-corrected chi connectivity index (χ4v) is 5.73. The molecule has 6 rings (SSSR count). The molecule has 1 fully saturated rings. The number of hydrogen-bond donors (Lipinski definition) is 0. The first-order valence-electron chi connectivity index (χ1n) is 12.1. The van der Waals surface area contributed by atoms with Crippen molar-refractivity contribution in [3.05, 3.63) is 77.6 Å². The first-order chi connectivity index (χ1) is 16.6. The number of carbonyl (C=O) groups is 1. The Hall–Kier alpha value is -3.38. The van der Waals surface area contributed by atoms with Gasteiger partial charge >= 0.3 is 0 Å². The van der Waals surface area contributed by atoms with Gasteiger partial charge in [0.05, 0.1) is 34.7 Å². The number of pyridine rings is 1. The van der Waals surface area contributed by atoms with E-state index in [2.05, 4.69) is 65.2 Å². The van der Waals surface area contributed by atoms with E-state index in [1.54, 1.807) is 0 Å². The van der Waals surface area contributed by atoms with Gasteiger partial charge in [-0.05, 0) is 68.2 Å². The number of piperidine rings is 1. The second-order valence-corrected chi connectivity index (χ2v) is 9.71. The molecular weight excluding hydrogens is 424 g/mol. The lowest BCUT2D eigenvalue weighted by Gasteiger charge is -2.38. The standard InChI is InChI=1S/C28H30N4O2/c1-20-6-5-13-29-23(20)19-31-14-11-28(12-15-31)22-7-3-4-8-24(22)32(27(28)33)21-9-10-25-26(18-21)34-17-16-30(25)2/h3-10,13,18H,11-12,14-17,19H2,1-2H3. The zero-order chi connectivity index (χ0) is 23.3. The number of anilines is 3. The van der Waals surface area contributed by atoms with Crippen LogP contribution >= 0.6 is 0 Å². The molecule has 0 bridgehead atoms. The molecule has 0 saturated carbocycles. The minimum Gasteiger partial charge on any atom is -0.489 e. The Bertz CT molecular complexity index is 1250. The number of aromatic nitrogens is 1. The number of carbonyl (C=O) groups excluding carboxylic acids is 1. The molecule has 3 aromatic rings. The van der Waals surface area contributed by atoms with Crippen molar-refractivity contribution in [2.45, 2.75) is 31.7 Å². The molecule has 0 radical (unpaired) electrons. The highest BCUT2D eigenvalue weighted by atomic mass is 16.5. The van der Waals surface area contributed by atoms with Gasteiger partial charge in [-0.25, -0.2) is 0 Å². The first kappa shape index (κ1) is 21.2. The van der Waals surface area contributed by atoms with Gasteiger partial charge in [0.2, 0.25) is 5.91 Å². The van der Waals surface area contributed by atoms with Crippen LogP contribution in [-0.4, -0.2) is 49.1 Å². The molecule has 174 valence electrons. The zero-order valence-corrected chi connectivity index (χ0v) is 19.8. The molecule has 1 saturated heterocycles. The van der Waals surface area contributed by atoms with Crippen molar-refractivity contribution in [1.29, 1.82) is 0 Å². The molecular formula is C28H30N4O2. The van der Waals surface area contributed by atoms with Gasteiger partial charge in [0, 0.05) is 25.9 Å². The van der Waals surface area contributed by atoms with Crippen LogP contribution in [0.5, 0.6) is 5.75 Å². The highest BCUT2D eigenvalue weighted by molar-refractivity contribution is 6.13. The maximum Gasteiger partial charge on any atom is 0.242 e. The first-order valence-corrected chi connectivity index (χ1v) is 12.1. The van der Waals surface area contributed by atoms with Gasteiger partial charge in [-0.3, -0.25) is 19.6 Å². The summed E-state index contributed by atoms with van der Waals surface area (Å²) in [5.74, 6) is 1.03. The second kappa shape index (κ2) is 8.13. The lowest BCUT2D eigenvalue weighted by Crippen LogP contribution is -2.47. The quantitative estimate of drug-likeness (QED) is 0.586. The highest BCUT2D eigenvalue weighted by Gasteiger charge is 2.52. The van der Waals surface area contributed by atoms with E-state index in [0.717, 1.165) is 73.1 Å². The molecule has 2 aromatic carbocycles. The number of likely N-dealkylation sites (tertiary alicyclic amines) is 1. The van der Waals surface area contributed by atoms with Crippen LogP contribution in [0.4, 0.5) is 17.1 Å². The average molecular weight is 455 g/mol. The number of para-hydroxylation sites is 1. The largest absolute Gasteiger partial charge is 0.489 e. The van der Waals surface area contributed by atoms with Crippen molar-refractivity contribution < 1.29 is 9.53 Å². The summed E-state index contributed by atoms with van der Waals surface area (Å²) in [5, 5.41) is 0. The molecule has 1 amide bonds. The van der Waals surface area contributed by atoms with Gasteiger partial charge in [-0.15, -0.1) is 0 Å². The molecule has 0 unspecified atom stereocenters. The van der Waals surface area contributed by atoms with Crippen molar-refractivity contribution >= 4 is 23.0 Å². The Morgan fingerprint density at radius 2 is 1.82 bits per heavy atom. The van der Waals surface area contributed by atoms with Crippen molar-refractivity contribution in [2.24, 2.45) is 0 Å². The third-order valence-electron chi connectivity index (χ3n) is 7.77. The maximum absolute atomic E-state index is 14.1. The minimum atomic E-state index is -0.472. The number of hydrogen-bond acceptors (Lipinski definition) is 5. The SMILES string of the molecule is Cc1cccnc1CN1CCC2(CC1)C(=O)N(c1ccc3c(c1)OCCN3C)c1ccccc12. The average Bonchev–Trinajstić information content (AvgIpc) is 3.09. The Morgan fingerprint density at radius 3 is 2.65 bits per heavy atom. The third kappa shape index (κ3) is 3.28. The Kier molecular flexibility index (Phi) is 5.06. The summed E-state index contributed by atoms with van der Waals surface area (Å²) in [4.78, 5) is 25.3. The van der Waals surface area contributed by atoms with Crippen LogP contribution in [0.25, 0.3) is 0 Å². The van der Waals surface area contributed by atoms with Crippen LogP contribution in [0.15, 0.2) is 60.8 Å². The van der Waals surface area contributed by atoms with Crippen molar-refractivity contribution in [3.8, 4) is 5.75 Å². The summed E-state index contributed by atoms with van der Waals surface area (Å²) in [6.45, 7) is 6.23. The van der Waals surface area contributed by atoms with E-state index < -0.39 is 5.41 Å². The molecule has 0 atom stereocenters. The van der Waals surface area contributed by atoms with Crippen molar-refractivity contribution in [2.75, 3.05) is 43.1 Å². The number of benzene rings is 2. The van der Waals surface area contributed by atoms with E-state index >= 15 is 0 Å². The van der Waals surface area contributed by atoms with Gasteiger partial charge in [-0.1, -0.05) is 24.3 Å². The molecule has 34 heavy (non-hydrogen) atoms. The summed E-state index contributed by atoms with van der Waals surface area (Å²) in [7, 11) is 2.08. The Labute approximate surface area is 200 Å². The second-order valence-electron chi connectivity index (χ2n) is 9.71. The number of nitrogens with zero attached hydrogens (tertiary/aromatic N) is 4.